The Morgan fingerprint density at radius 3 is 2.89 bits per heavy atom. The fraction of sp³-hybridized carbons (Fsp3) is 0.500. The standard InChI is InChI=1S/C12H16N4O3/c1-4-16(5-7(2)12(17)18)10-9-8(3)15-19-11(9)14-6-13-10/h6-7H,4-5H2,1-3H3,(H,17,18). The molecule has 1 N–H and O–H groups in total. The van der Waals surface area contributed by atoms with Crippen molar-refractivity contribution in [2.24, 2.45) is 5.92 Å². The van der Waals surface area contributed by atoms with Crippen LogP contribution in [-0.4, -0.2) is 39.3 Å². The average Bonchev–Trinajstić information content (AvgIpc) is 2.77. The van der Waals surface area contributed by atoms with Crippen LogP contribution in [-0.2, 0) is 4.79 Å². The fourth-order valence-electron chi connectivity index (χ4n) is 1.92. The number of carboxylic acid groups (broad SMARTS) is 1. The van der Waals surface area contributed by atoms with Crippen LogP contribution in [0.25, 0.3) is 11.1 Å². The third kappa shape index (κ3) is 2.49. The van der Waals surface area contributed by atoms with Gasteiger partial charge in [0.1, 0.15) is 17.5 Å². The van der Waals surface area contributed by atoms with Crippen molar-refractivity contribution in [2.45, 2.75) is 20.8 Å². The van der Waals surface area contributed by atoms with Gasteiger partial charge in [-0.2, -0.15) is 4.98 Å². The molecule has 0 spiro atoms. The number of aromatic nitrogens is 3. The molecule has 0 saturated carbocycles. The number of fused-ring (bicyclic) bond motifs is 1. The SMILES string of the molecule is CCN(CC(C)C(=O)O)c1ncnc2onc(C)c12. The monoisotopic (exact) mass is 264 g/mol. The molecule has 1 unspecified atom stereocenters. The van der Waals surface area contributed by atoms with Crippen molar-refractivity contribution in [1.82, 2.24) is 15.1 Å². The van der Waals surface area contributed by atoms with Crippen LogP contribution in [0, 0.1) is 12.8 Å². The van der Waals surface area contributed by atoms with Gasteiger partial charge in [0.2, 0.25) is 0 Å². The van der Waals surface area contributed by atoms with Crippen molar-refractivity contribution >= 4 is 22.9 Å². The van der Waals surface area contributed by atoms with Gasteiger partial charge in [-0.1, -0.05) is 12.1 Å². The number of nitrogens with zero attached hydrogens (tertiary/aromatic N) is 4. The zero-order valence-corrected chi connectivity index (χ0v) is 11.1. The Balaban J connectivity index is 2.40. The van der Waals surface area contributed by atoms with Gasteiger partial charge < -0.3 is 14.5 Å². The van der Waals surface area contributed by atoms with E-state index in [0.29, 0.717) is 30.3 Å². The molecule has 1 atom stereocenters. The lowest BCUT2D eigenvalue weighted by Crippen LogP contribution is -2.32. The normalized spacial score (nSPS) is 12.6. The van der Waals surface area contributed by atoms with E-state index in [-0.39, 0.29) is 0 Å². The van der Waals surface area contributed by atoms with Crippen molar-refractivity contribution in [1.29, 1.82) is 0 Å². The Labute approximate surface area is 110 Å². The second-order valence-corrected chi connectivity index (χ2v) is 4.42. The van der Waals surface area contributed by atoms with Crippen LogP contribution in [0.5, 0.6) is 0 Å². The van der Waals surface area contributed by atoms with E-state index in [1.807, 2.05) is 18.7 Å². The summed E-state index contributed by atoms with van der Waals surface area (Å²) in [7, 11) is 0. The highest BCUT2D eigenvalue weighted by Crippen LogP contribution is 2.26. The first-order valence-corrected chi connectivity index (χ1v) is 6.09. The zero-order chi connectivity index (χ0) is 14.0. The number of carbonyl (C=O) groups is 1. The maximum atomic E-state index is 11.0. The molecule has 0 saturated heterocycles. The summed E-state index contributed by atoms with van der Waals surface area (Å²) < 4.78 is 5.09. The predicted octanol–water partition coefficient (Wildman–Crippen LogP) is 1.47. The quantitative estimate of drug-likeness (QED) is 0.874. The van der Waals surface area contributed by atoms with Crippen LogP contribution >= 0.6 is 0 Å². The number of hydrogen-bond acceptors (Lipinski definition) is 6. The van der Waals surface area contributed by atoms with Crippen molar-refractivity contribution in [3.63, 3.8) is 0 Å². The molecule has 0 aliphatic heterocycles. The minimum Gasteiger partial charge on any atom is -0.481 e. The Hall–Kier alpha value is -2.18. The van der Waals surface area contributed by atoms with Gasteiger partial charge in [0.25, 0.3) is 5.71 Å². The minimum atomic E-state index is -0.828. The van der Waals surface area contributed by atoms with E-state index in [1.54, 1.807) is 6.92 Å². The highest BCUT2D eigenvalue weighted by Gasteiger charge is 2.20. The summed E-state index contributed by atoms with van der Waals surface area (Å²) in [5, 5.41) is 13.6. The number of carboxylic acids is 1. The highest BCUT2D eigenvalue weighted by molar-refractivity contribution is 5.88. The van der Waals surface area contributed by atoms with Crippen molar-refractivity contribution in [3.8, 4) is 0 Å². The van der Waals surface area contributed by atoms with Crippen LogP contribution in [0.3, 0.4) is 0 Å². The van der Waals surface area contributed by atoms with Crippen molar-refractivity contribution in [3.05, 3.63) is 12.0 Å². The second kappa shape index (κ2) is 5.21. The van der Waals surface area contributed by atoms with Gasteiger partial charge in [0, 0.05) is 13.1 Å². The smallest absolute Gasteiger partial charge is 0.308 e. The maximum Gasteiger partial charge on any atom is 0.308 e. The number of aliphatic carboxylic acids is 1. The Bertz CT molecular complexity index is 596. The molecule has 2 aromatic rings. The molecule has 7 nitrogen and oxygen atoms in total. The van der Waals surface area contributed by atoms with Crippen molar-refractivity contribution in [2.75, 3.05) is 18.0 Å². The number of hydrogen-bond donors (Lipinski definition) is 1. The molecule has 102 valence electrons. The molecule has 0 aromatic carbocycles. The van der Waals surface area contributed by atoms with E-state index in [4.69, 9.17) is 9.63 Å². The van der Waals surface area contributed by atoms with Crippen molar-refractivity contribution < 1.29 is 14.4 Å². The van der Waals surface area contributed by atoms with Gasteiger partial charge in [-0.25, -0.2) is 4.98 Å². The molecule has 2 heterocycles. The molecular weight excluding hydrogens is 248 g/mol. The zero-order valence-electron chi connectivity index (χ0n) is 11.1. The van der Waals surface area contributed by atoms with E-state index in [0.717, 1.165) is 5.39 Å². The first-order valence-electron chi connectivity index (χ1n) is 6.09. The molecule has 2 aromatic heterocycles. The molecule has 0 radical (unpaired) electrons. The molecular formula is C12H16N4O3. The second-order valence-electron chi connectivity index (χ2n) is 4.42. The summed E-state index contributed by atoms with van der Waals surface area (Å²) in [6, 6.07) is 0. The van der Waals surface area contributed by atoms with E-state index >= 15 is 0 Å². The molecule has 0 fully saturated rings. The number of rotatable bonds is 5. The van der Waals surface area contributed by atoms with Crippen LogP contribution in [0.4, 0.5) is 5.82 Å². The Morgan fingerprint density at radius 2 is 2.26 bits per heavy atom. The summed E-state index contributed by atoms with van der Waals surface area (Å²) in [5.74, 6) is -0.643. The van der Waals surface area contributed by atoms with Gasteiger partial charge >= 0.3 is 5.97 Å². The number of anilines is 1. The maximum absolute atomic E-state index is 11.0. The highest BCUT2D eigenvalue weighted by atomic mass is 16.5. The summed E-state index contributed by atoms with van der Waals surface area (Å²) in [4.78, 5) is 21.1. The Kier molecular flexibility index (Phi) is 3.64. The van der Waals surface area contributed by atoms with E-state index in [9.17, 15) is 4.79 Å². The van der Waals surface area contributed by atoms with Crippen LogP contribution in [0.1, 0.15) is 19.5 Å². The number of aryl methyl sites for hydroxylation is 1. The molecule has 0 aliphatic rings. The third-order valence-electron chi connectivity index (χ3n) is 3.02. The van der Waals surface area contributed by atoms with Gasteiger partial charge in [-0.15, -0.1) is 0 Å². The third-order valence-corrected chi connectivity index (χ3v) is 3.02. The molecule has 2 rings (SSSR count). The largest absolute Gasteiger partial charge is 0.481 e. The van der Waals surface area contributed by atoms with Gasteiger partial charge in [0.15, 0.2) is 0 Å². The van der Waals surface area contributed by atoms with Gasteiger partial charge in [0.05, 0.1) is 11.6 Å². The summed E-state index contributed by atoms with van der Waals surface area (Å²) >= 11 is 0. The fourth-order valence-corrected chi connectivity index (χ4v) is 1.92. The Morgan fingerprint density at radius 1 is 1.53 bits per heavy atom. The minimum absolute atomic E-state index is 0.378. The van der Waals surface area contributed by atoms with Gasteiger partial charge in [-0.3, -0.25) is 4.79 Å². The van der Waals surface area contributed by atoms with Crippen LogP contribution in [0.15, 0.2) is 10.9 Å². The molecule has 0 bridgehead atoms. The lowest BCUT2D eigenvalue weighted by Gasteiger charge is -2.24. The average molecular weight is 264 g/mol. The topological polar surface area (TPSA) is 92.4 Å². The molecule has 19 heavy (non-hydrogen) atoms. The lowest BCUT2D eigenvalue weighted by molar-refractivity contribution is -0.140. The van der Waals surface area contributed by atoms with Crippen LogP contribution < -0.4 is 4.90 Å². The van der Waals surface area contributed by atoms with Gasteiger partial charge in [-0.05, 0) is 13.8 Å². The first-order chi connectivity index (χ1) is 9.04. The summed E-state index contributed by atoms with van der Waals surface area (Å²) in [5.41, 5.74) is 1.12. The summed E-state index contributed by atoms with van der Waals surface area (Å²) in [6.45, 7) is 6.46. The lowest BCUT2D eigenvalue weighted by atomic mass is 10.1. The van der Waals surface area contributed by atoms with Crippen LogP contribution in [0.2, 0.25) is 0 Å². The first kappa shape index (κ1) is 13.3. The predicted molar refractivity (Wildman–Crippen MR) is 69.0 cm³/mol. The molecule has 0 amide bonds. The summed E-state index contributed by atoms with van der Waals surface area (Å²) in [6.07, 6.45) is 1.40. The molecule has 0 aliphatic carbocycles. The molecule has 7 heteroatoms. The van der Waals surface area contributed by atoms with E-state index in [1.165, 1.54) is 6.33 Å². The van der Waals surface area contributed by atoms with E-state index < -0.39 is 11.9 Å². The van der Waals surface area contributed by atoms with E-state index in [2.05, 4.69) is 15.1 Å².